The number of halogens is 5. The molecule has 16 rings (SSSR count). The Labute approximate surface area is 733 Å². The highest BCUT2D eigenvalue weighted by molar-refractivity contribution is 9.10. The molecule has 8 aromatic heterocycles. The topological polar surface area (TPSA) is 325 Å². The summed E-state index contributed by atoms with van der Waals surface area (Å²) < 4.78 is 57.1. The minimum atomic E-state index is -4.43. The molecule has 0 fully saturated rings. The molecule has 124 heavy (non-hydrogen) atoms. The Hall–Kier alpha value is -14.8. The molecule has 8 aromatic carbocycles. The van der Waals surface area contributed by atoms with E-state index in [1.54, 1.807) is 93.1 Å². The van der Waals surface area contributed by atoms with Gasteiger partial charge in [0.05, 0.1) is 35.4 Å². The van der Waals surface area contributed by atoms with Gasteiger partial charge in [-0.3, -0.25) is 19.9 Å². The van der Waals surface area contributed by atoms with Gasteiger partial charge < -0.3 is 68.5 Å². The predicted molar refractivity (Wildman–Crippen MR) is 495 cm³/mol. The van der Waals surface area contributed by atoms with Crippen LogP contribution in [0.25, 0.3) is 45.0 Å². The molecule has 34 heteroatoms. The molecule has 0 saturated carbocycles. The van der Waals surface area contributed by atoms with E-state index in [1.165, 1.54) is 81.7 Å². The first-order valence-electron chi connectivity index (χ1n) is 37.6. The predicted octanol–water partition coefficient (Wildman–Crippen LogP) is 25.5. The van der Waals surface area contributed by atoms with Gasteiger partial charge in [-0.05, 0) is 244 Å². The summed E-state index contributed by atoms with van der Waals surface area (Å²) in [5.74, 6) is 0.373. The van der Waals surface area contributed by atoms with Crippen LogP contribution in [0, 0.1) is 33.5 Å². The number of urea groups is 4. The summed E-state index contributed by atoms with van der Waals surface area (Å²) in [7, 11) is 1.60. The summed E-state index contributed by atoms with van der Waals surface area (Å²) in [5.41, 5.74) is 18.4. The highest BCUT2D eigenvalue weighted by Gasteiger charge is 2.30. The third-order valence-electron chi connectivity index (χ3n) is 17.8. The maximum atomic E-state index is 13.0. The van der Waals surface area contributed by atoms with Gasteiger partial charge in [0.25, 0.3) is 0 Å². The van der Waals surface area contributed by atoms with Gasteiger partial charge >= 0.3 is 30.3 Å². The number of rotatable bonds is 21. The van der Waals surface area contributed by atoms with Crippen molar-refractivity contribution >= 4 is 174 Å². The van der Waals surface area contributed by atoms with Crippen LogP contribution in [0.1, 0.15) is 27.8 Å². The number of nitrogens with zero attached hydrogens (tertiary/aromatic N) is 8. The largest absolute Gasteiger partial charge is 0.497 e. The van der Waals surface area contributed by atoms with Crippen molar-refractivity contribution in [1.29, 1.82) is 0 Å². The van der Waals surface area contributed by atoms with Crippen LogP contribution in [0.3, 0.4) is 0 Å². The quantitative estimate of drug-likeness (QED) is 0.0297. The molecule has 0 aliphatic carbocycles. The molecule has 8 heterocycles. The third-order valence-corrected chi connectivity index (χ3v) is 21.4. The zero-order valence-corrected chi connectivity index (χ0v) is 71.2. The summed E-state index contributed by atoms with van der Waals surface area (Å²) >= 11 is 9.34. The van der Waals surface area contributed by atoms with Crippen LogP contribution in [0.4, 0.5) is 126 Å². The number of hydrogen-bond donors (Lipinski definition) is 12. The van der Waals surface area contributed by atoms with Crippen LogP contribution >= 0.6 is 61.3 Å². The second-order valence-corrected chi connectivity index (χ2v) is 31.2. The Balaban J connectivity index is 0.000000142. The minimum absolute atomic E-state index is 0.247. The Morgan fingerprint density at radius 3 is 0.847 bits per heavy atom. The Morgan fingerprint density at radius 2 is 0.589 bits per heavy atom. The van der Waals surface area contributed by atoms with Crippen molar-refractivity contribution in [2.24, 2.45) is 0 Å². The van der Waals surface area contributed by atoms with Crippen molar-refractivity contribution in [2.75, 3.05) is 70.9 Å². The summed E-state index contributed by atoms with van der Waals surface area (Å²) in [4.78, 5) is 84.1. The molecule has 12 N–H and O–H groups in total. The van der Waals surface area contributed by atoms with Crippen molar-refractivity contribution in [2.45, 2.75) is 33.9 Å². The van der Waals surface area contributed by atoms with Crippen molar-refractivity contribution in [3.8, 4) is 50.8 Å². The molecular formula is C90H75BrF4N20O5S4. The van der Waals surface area contributed by atoms with Crippen LogP contribution < -0.4 is 68.5 Å². The number of amides is 8. The van der Waals surface area contributed by atoms with Gasteiger partial charge in [-0.25, -0.2) is 43.5 Å². The number of thiazole rings is 4. The van der Waals surface area contributed by atoms with Crippen LogP contribution in [0.5, 0.6) is 5.75 Å². The van der Waals surface area contributed by atoms with Gasteiger partial charge in [-0.1, -0.05) is 40.2 Å². The number of ether oxygens (including phenoxy) is 1. The lowest BCUT2D eigenvalue weighted by molar-refractivity contribution is -0.137. The van der Waals surface area contributed by atoms with Gasteiger partial charge in [0.15, 0.2) is 20.5 Å². The van der Waals surface area contributed by atoms with Crippen LogP contribution in [0.2, 0.25) is 0 Å². The summed E-state index contributed by atoms with van der Waals surface area (Å²) in [6.07, 6.45) is 9.56. The van der Waals surface area contributed by atoms with E-state index in [-0.39, 0.29) is 23.6 Å². The lowest BCUT2D eigenvalue weighted by Crippen LogP contribution is -2.19. The zero-order valence-electron chi connectivity index (χ0n) is 66.4. The maximum Gasteiger partial charge on any atom is 0.416 e. The van der Waals surface area contributed by atoms with Crippen molar-refractivity contribution in [1.82, 2.24) is 39.9 Å². The molecule has 0 atom stereocenters. The number of nitrogens with one attached hydrogen (secondary N) is 12. The molecule has 8 amide bonds. The lowest BCUT2D eigenvalue weighted by Gasteiger charge is -2.12. The Kier molecular flexibility index (Phi) is 29.4. The summed E-state index contributed by atoms with van der Waals surface area (Å²) in [6, 6.07) is 60.3. The highest BCUT2D eigenvalue weighted by Crippen LogP contribution is 2.36. The van der Waals surface area contributed by atoms with E-state index in [1.807, 2.05) is 183 Å². The SMILES string of the molecule is COc1ccc(NC(=O)Nc2ccc(C)c(Nc3nc(-c4cccnc4)cs3)c2)cc1.Cc1ccc(NC(=O)Nc2ccc(Br)cc2)cc1Nc1nc(-c2cccnc2)cs1.Cc1ccc(NC(=O)Nc2ccc(C(F)(F)F)cc2)cc1Nc1nc(-c2cccnc2)cs1.Cc1ccc(NC(=O)Nc2ccc(F)cc2)cc1Nc1nc(-c2cccnc2)cs1. The van der Waals surface area contributed by atoms with Gasteiger partial charge in [-0.15, -0.1) is 45.3 Å². The van der Waals surface area contributed by atoms with E-state index in [0.717, 1.165) is 128 Å². The number of carbonyl (C=O) groups is 4. The lowest BCUT2D eigenvalue weighted by atomic mass is 10.2. The van der Waals surface area contributed by atoms with E-state index in [4.69, 9.17) is 4.74 Å². The number of hydrogen-bond acceptors (Lipinski definition) is 21. The fourth-order valence-electron chi connectivity index (χ4n) is 11.4. The molecular weight excluding hydrogens is 1730 g/mol. The molecule has 0 unspecified atom stereocenters. The van der Waals surface area contributed by atoms with Gasteiger partial charge in [0.2, 0.25) is 0 Å². The van der Waals surface area contributed by atoms with Crippen molar-refractivity contribution in [3.63, 3.8) is 0 Å². The first-order valence-corrected chi connectivity index (χ1v) is 41.9. The monoisotopic (exact) mass is 1800 g/mol. The van der Waals surface area contributed by atoms with Crippen LogP contribution in [-0.4, -0.2) is 71.1 Å². The van der Waals surface area contributed by atoms with E-state index in [9.17, 15) is 36.7 Å². The van der Waals surface area contributed by atoms with Gasteiger partial charge in [0, 0.05) is 166 Å². The first kappa shape index (κ1) is 87.0. The van der Waals surface area contributed by atoms with E-state index < -0.39 is 23.8 Å². The summed E-state index contributed by atoms with van der Waals surface area (Å²) in [5, 5.41) is 46.1. The smallest absolute Gasteiger partial charge is 0.416 e. The molecule has 0 aliphatic heterocycles. The fourth-order valence-corrected chi connectivity index (χ4v) is 14.6. The van der Waals surface area contributed by atoms with E-state index >= 15 is 0 Å². The molecule has 16 aromatic rings. The minimum Gasteiger partial charge on any atom is -0.497 e. The number of methoxy groups -OCH3 is 1. The average Bonchev–Trinajstić information content (AvgIpc) is 1.77. The Morgan fingerprint density at radius 1 is 0.339 bits per heavy atom. The molecule has 25 nitrogen and oxygen atoms in total. The normalized spacial score (nSPS) is 10.6. The molecule has 0 radical (unpaired) electrons. The fraction of sp³-hybridized carbons (Fsp3) is 0.0667. The zero-order chi connectivity index (χ0) is 86.9. The third kappa shape index (κ3) is 25.6. The van der Waals surface area contributed by atoms with Gasteiger partial charge in [0.1, 0.15) is 11.6 Å². The van der Waals surface area contributed by atoms with Gasteiger partial charge in [-0.2, -0.15) is 13.2 Å². The number of carbonyl (C=O) groups excluding carboxylic acids is 4. The second kappa shape index (κ2) is 41.9. The number of pyridine rings is 4. The number of alkyl halides is 3. The molecule has 0 spiro atoms. The number of anilines is 16. The average molecular weight is 1800 g/mol. The molecule has 0 bridgehead atoms. The number of benzene rings is 8. The standard InChI is InChI=1S/C23H18F3N5OS.C23H21N5O2S.C22H18BrN5OS.C22H18FN5OS/c1-14-4-7-18(29-21(32)28-17-8-5-16(6-9-17)23(24,25)26)11-19(14)30-22-31-20(13-33-22)15-3-2-10-27-12-15;1-15-5-6-18(26-22(29)25-17-7-9-19(30-2)10-8-17)12-20(15)27-23-28-21(14-31-23)16-4-3-11-24-13-16;2*1-14-4-7-18(26-21(29)25-17-8-5-16(23)6-9-17)11-19(14)27-22-28-20(13-30-22)15-3-2-10-24-12-15/h2-13H,1H3,(H,30,31)(H2,28,29,32);3-14H,1-2H3,(H,27,28)(H2,25,26,29);2*2-13H,1H3,(H,27,28)(H2,25,26,29). The molecule has 624 valence electrons. The second-order valence-electron chi connectivity index (χ2n) is 26.9. The van der Waals surface area contributed by atoms with Crippen molar-refractivity contribution < 1.29 is 41.5 Å². The van der Waals surface area contributed by atoms with Crippen molar-refractivity contribution in [3.05, 3.63) is 328 Å². The molecule has 0 saturated heterocycles. The van der Waals surface area contributed by atoms with Crippen LogP contribution in [-0.2, 0) is 6.18 Å². The Bertz CT molecular complexity index is 6100. The summed E-state index contributed by atoms with van der Waals surface area (Å²) in [6.45, 7) is 7.90. The number of aryl methyl sites for hydroxylation is 4. The van der Waals surface area contributed by atoms with E-state index in [0.29, 0.717) is 44.9 Å². The highest BCUT2D eigenvalue weighted by atomic mass is 79.9. The van der Waals surface area contributed by atoms with E-state index in [2.05, 4.69) is 120 Å². The maximum absolute atomic E-state index is 13.0. The number of aromatic nitrogens is 8. The molecule has 0 aliphatic rings. The first-order chi connectivity index (χ1) is 60.0. The van der Waals surface area contributed by atoms with Crippen LogP contribution in [0.15, 0.2) is 294 Å².